The van der Waals surface area contributed by atoms with Crippen LogP contribution in [0.15, 0.2) is 77.8 Å². The van der Waals surface area contributed by atoms with Gasteiger partial charge in [-0.05, 0) is 55.7 Å². The fourth-order valence-electron chi connectivity index (χ4n) is 6.99. The van der Waals surface area contributed by atoms with E-state index in [-0.39, 0.29) is 31.9 Å². The first-order chi connectivity index (χ1) is 28.2. The fourth-order valence-corrected chi connectivity index (χ4v) is 6.99. The molecule has 3 aliphatic heterocycles. The van der Waals surface area contributed by atoms with Gasteiger partial charge in [0.25, 0.3) is 5.91 Å². The summed E-state index contributed by atoms with van der Waals surface area (Å²) in [6.07, 6.45) is -6.83. The molecule has 312 valence electrons. The highest BCUT2D eigenvalue weighted by Gasteiger charge is 2.48. The third kappa shape index (κ3) is 9.98. The molecule has 0 aromatic heterocycles. The number of aliphatic hydroxyl groups excluding tert-OH is 2. The van der Waals surface area contributed by atoms with Gasteiger partial charge < -0.3 is 51.4 Å². The Kier molecular flexibility index (Phi) is 13.5. The largest absolute Gasteiger partial charge is 0.394 e. The Balaban J connectivity index is 1.01. The van der Waals surface area contributed by atoms with Crippen molar-refractivity contribution in [3.63, 3.8) is 0 Å². The lowest BCUT2D eigenvalue weighted by Gasteiger charge is -2.44. The van der Waals surface area contributed by atoms with E-state index in [0.717, 1.165) is 16.7 Å². The number of ether oxygens (including phenoxy) is 3. The average Bonchev–Trinajstić information content (AvgIpc) is 3.49. The van der Waals surface area contributed by atoms with Crippen molar-refractivity contribution in [2.24, 2.45) is 10.7 Å². The number of primary amides is 1. The van der Waals surface area contributed by atoms with Crippen LogP contribution in [0.25, 0.3) is 0 Å². The summed E-state index contributed by atoms with van der Waals surface area (Å²) in [5.74, 6) is -3.01. The Morgan fingerprint density at radius 1 is 0.983 bits per heavy atom. The topological polar surface area (TPSA) is 260 Å². The number of anilines is 1. The Morgan fingerprint density at radius 3 is 2.39 bits per heavy atom. The van der Waals surface area contributed by atoms with Crippen LogP contribution in [-0.2, 0) is 51.3 Å². The number of rotatable bonds is 16. The quantitative estimate of drug-likeness (QED) is 0.105. The van der Waals surface area contributed by atoms with E-state index in [0.29, 0.717) is 22.8 Å². The number of carbonyl (C=O) groups is 6. The van der Waals surface area contributed by atoms with Gasteiger partial charge in [0.1, 0.15) is 48.4 Å². The minimum absolute atomic E-state index is 0.0622. The summed E-state index contributed by atoms with van der Waals surface area (Å²) in [5.41, 5.74) is 9.53. The molecule has 18 nitrogen and oxygen atoms in total. The van der Waals surface area contributed by atoms with Crippen LogP contribution in [-0.4, -0.2) is 112 Å². The van der Waals surface area contributed by atoms with Gasteiger partial charge in [0.2, 0.25) is 29.5 Å². The van der Waals surface area contributed by atoms with Gasteiger partial charge in [0.15, 0.2) is 6.29 Å². The van der Waals surface area contributed by atoms with Crippen LogP contribution in [0.1, 0.15) is 60.7 Å². The molecule has 8 atom stereocenters. The molecule has 3 aromatic rings. The van der Waals surface area contributed by atoms with Gasteiger partial charge in [-0.1, -0.05) is 48.5 Å². The van der Waals surface area contributed by atoms with Crippen LogP contribution >= 0.6 is 0 Å². The number of nitrogens with two attached hydrogens (primary N) is 1. The number of fused-ring (bicyclic) bond motifs is 4. The minimum atomic E-state index is -1.50. The predicted molar refractivity (Wildman–Crippen MR) is 210 cm³/mol. The maximum atomic E-state index is 13.3. The van der Waals surface area contributed by atoms with Crippen molar-refractivity contribution in [2.45, 2.75) is 95.6 Å². The number of hydrogen-bond acceptors (Lipinski definition) is 12. The highest BCUT2D eigenvalue weighted by atomic mass is 16.7. The number of benzene rings is 3. The summed E-state index contributed by atoms with van der Waals surface area (Å²) in [4.78, 5) is 83.1. The molecule has 59 heavy (non-hydrogen) atoms. The molecule has 6 unspecified atom stereocenters. The van der Waals surface area contributed by atoms with Crippen molar-refractivity contribution in [3.8, 4) is 0 Å². The summed E-state index contributed by atoms with van der Waals surface area (Å²) in [6.45, 7) is 3.68. The van der Waals surface area contributed by atoms with Crippen molar-refractivity contribution < 1.29 is 53.2 Å². The number of nitrogens with one attached hydrogen (secondary N) is 4. The molecule has 1 fully saturated rings. The molecule has 8 N–H and O–H groups in total. The summed E-state index contributed by atoms with van der Waals surface area (Å²) >= 11 is 0. The van der Waals surface area contributed by atoms with Gasteiger partial charge in [0.05, 0.1) is 31.0 Å². The molecule has 0 radical (unpaired) electrons. The fraction of sp³-hybridized carbons (Fsp3) is 0.390. The van der Waals surface area contributed by atoms with Crippen molar-refractivity contribution >= 4 is 52.7 Å². The lowest BCUT2D eigenvalue weighted by molar-refractivity contribution is -0.283. The Hall–Kier alpha value is -6.05. The first-order valence-electron chi connectivity index (χ1n) is 19.1. The second-order valence-electron chi connectivity index (χ2n) is 14.5. The SMILES string of the molecule is CC(=O)NC1C(OCc2ccccc2)OC(CO)C(O)C1OC(C)C(=O)N[C@@H](C)C(=O)N[C@@H](CCC(=O)Nc1ccc2c(c1)CN1C(=O)c3ccccc3C1=N2)C(N)=O. The number of nitrogens with zero attached hydrogens (tertiary/aromatic N) is 2. The van der Waals surface area contributed by atoms with E-state index in [1.54, 1.807) is 35.2 Å². The smallest absolute Gasteiger partial charge is 0.260 e. The van der Waals surface area contributed by atoms with E-state index >= 15 is 0 Å². The number of amides is 6. The highest BCUT2D eigenvalue weighted by molar-refractivity contribution is 6.24. The highest BCUT2D eigenvalue weighted by Crippen LogP contribution is 2.35. The van der Waals surface area contributed by atoms with Crippen LogP contribution in [0.2, 0.25) is 0 Å². The zero-order chi connectivity index (χ0) is 42.4. The Bertz CT molecular complexity index is 2120. The molecule has 1 saturated heterocycles. The van der Waals surface area contributed by atoms with E-state index in [1.807, 2.05) is 42.5 Å². The Labute approximate surface area is 339 Å². The van der Waals surface area contributed by atoms with Crippen LogP contribution in [0.3, 0.4) is 0 Å². The second-order valence-corrected chi connectivity index (χ2v) is 14.5. The van der Waals surface area contributed by atoms with Gasteiger partial charge >= 0.3 is 0 Å². The number of hydrogen-bond donors (Lipinski definition) is 7. The third-order valence-corrected chi connectivity index (χ3v) is 10.1. The molecule has 3 heterocycles. The van der Waals surface area contributed by atoms with Gasteiger partial charge in [0, 0.05) is 24.6 Å². The maximum absolute atomic E-state index is 13.3. The van der Waals surface area contributed by atoms with Gasteiger partial charge in [-0.15, -0.1) is 0 Å². The molecule has 6 amide bonds. The van der Waals surface area contributed by atoms with Crippen molar-refractivity contribution in [3.05, 3.63) is 95.1 Å². The molecule has 18 heteroatoms. The van der Waals surface area contributed by atoms with Crippen LogP contribution in [0, 0.1) is 0 Å². The predicted octanol–water partition coefficient (Wildman–Crippen LogP) is 0.501. The molecule has 0 spiro atoms. The Morgan fingerprint density at radius 2 is 1.69 bits per heavy atom. The third-order valence-electron chi connectivity index (χ3n) is 10.1. The number of carbonyl (C=O) groups excluding carboxylic acids is 6. The normalized spacial score (nSPS) is 22.1. The van der Waals surface area contributed by atoms with E-state index in [1.165, 1.54) is 20.8 Å². The molecule has 3 aromatic carbocycles. The molecular formula is C41H47N7O11. The summed E-state index contributed by atoms with van der Waals surface area (Å²) in [7, 11) is 0. The zero-order valence-electron chi connectivity index (χ0n) is 32.6. The van der Waals surface area contributed by atoms with Crippen molar-refractivity contribution in [1.29, 1.82) is 0 Å². The summed E-state index contributed by atoms with van der Waals surface area (Å²) < 4.78 is 17.6. The van der Waals surface area contributed by atoms with Crippen molar-refractivity contribution in [1.82, 2.24) is 20.9 Å². The molecule has 0 bridgehead atoms. The monoisotopic (exact) mass is 813 g/mol. The maximum Gasteiger partial charge on any atom is 0.260 e. The minimum Gasteiger partial charge on any atom is -0.394 e. The molecule has 3 aliphatic rings. The average molecular weight is 814 g/mol. The molecule has 0 aliphatic carbocycles. The van der Waals surface area contributed by atoms with Gasteiger partial charge in [-0.2, -0.15) is 0 Å². The molecule has 6 rings (SSSR count). The number of aliphatic hydroxyl groups is 2. The van der Waals surface area contributed by atoms with Crippen LogP contribution < -0.4 is 27.0 Å². The lowest BCUT2D eigenvalue weighted by Crippen LogP contribution is -2.66. The van der Waals surface area contributed by atoms with Crippen LogP contribution in [0.4, 0.5) is 11.4 Å². The molecular weight excluding hydrogens is 766 g/mol. The first kappa shape index (κ1) is 42.6. The van der Waals surface area contributed by atoms with Gasteiger partial charge in [-0.25, -0.2) is 4.99 Å². The first-order valence-corrected chi connectivity index (χ1v) is 19.1. The lowest BCUT2D eigenvalue weighted by atomic mass is 9.96. The number of aliphatic imine (C=N–C) groups is 1. The standard InChI is InChI=1S/C41H47N7O11/c1-21(43-39(55)22(2)58-35-33(44-23(3)50)41(59-31(19-49)34(35)52)57-20-24-9-5-4-6-10-24)38(54)47-30(36(42)53)15-16-32(51)45-26-13-14-29-25(17-26)18-48-37(46-29)27-11-7-8-12-28(27)40(48)56/h4-14,17,21-22,30-31,33-35,41,49,52H,15-16,18-20H2,1-3H3,(H2,42,53)(H,43,55)(H,44,50)(H,45,51)(H,47,54)/t21-,22?,30-,31?,33?,34?,35?,41?/m0/s1. The number of amidine groups is 1. The van der Waals surface area contributed by atoms with E-state index in [2.05, 4.69) is 26.3 Å². The summed E-state index contributed by atoms with van der Waals surface area (Å²) in [5, 5.41) is 31.4. The van der Waals surface area contributed by atoms with E-state index in [4.69, 9.17) is 19.9 Å². The zero-order valence-corrected chi connectivity index (χ0v) is 32.6. The second kappa shape index (κ2) is 18.7. The molecule has 0 saturated carbocycles. The van der Waals surface area contributed by atoms with Gasteiger partial charge in [-0.3, -0.25) is 33.7 Å². The van der Waals surface area contributed by atoms with Crippen molar-refractivity contribution in [2.75, 3.05) is 11.9 Å². The van der Waals surface area contributed by atoms with E-state index in [9.17, 15) is 39.0 Å². The van der Waals surface area contributed by atoms with E-state index < -0.39 is 85.0 Å². The summed E-state index contributed by atoms with van der Waals surface area (Å²) in [6, 6.07) is 17.9. The van der Waals surface area contributed by atoms with Crippen LogP contribution in [0.5, 0.6) is 0 Å².